The van der Waals surface area contributed by atoms with Gasteiger partial charge in [-0.3, -0.25) is 9.97 Å². The Morgan fingerprint density at radius 1 is 0.968 bits per heavy atom. The van der Waals surface area contributed by atoms with Crippen molar-refractivity contribution in [1.82, 2.24) is 15.3 Å². The van der Waals surface area contributed by atoms with E-state index in [1.807, 2.05) is 36.3 Å². The molecule has 2 heterocycles. The van der Waals surface area contributed by atoms with Crippen LogP contribution in [-0.4, -0.2) is 35.0 Å². The number of pyridine rings is 2. The van der Waals surface area contributed by atoms with Gasteiger partial charge in [-0.05, 0) is 43.2 Å². The number of nitrogens with one attached hydrogen (secondary N) is 1. The minimum atomic E-state index is -0.280. The number of amides is 1. The largest absolute Gasteiger partial charge is 0.450 e. The number of alkyl carbamates (subject to hydrolysis) is 1. The first-order valence-corrected chi connectivity index (χ1v) is 12.4. The Kier molecular flexibility index (Phi) is 9.90. The second kappa shape index (κ2) is 13.2. The van der Waals surface area contributed by atoms with Crippen LogP contribution in [0.1, 0.15) is 58.3 Å². The molecule has 1 aromatic carbocycles. The molecular weight excluding hydrogens is 406 g/mol. The third kappa shape index (κ3) is 7.39. The van der Waals surface area contributed by atoms with Gasteiger partial charge in [0, 0.05) is 34.6 Å². The van der Waals surface area contributed by atoms with Crippen molar-refractivity contribution >= 4 is 39.7 Å². The van der Waals surface area contributed by atoms with Crippen LogP contribution in [0.2, 0.25) is 0 Å². The molecule has 2 aromatic heterocycles. The van der Waals surface area contributed by atoms with E-state index < -0.39 is 0 Å². The molecule has 0 unspecified atom stereocenters. The van der Waals surface area contributed by atoms with Crippen LogP contribution in [0.25, 0.3) is 21.8 Å². The average Bonchev–Trinajstić information content (AvgIpc) is 2.80. The van der Waals surface area contributed by atoms with E-state index in [0.29, 0.717) is 13.2 Å². The van der Waals surface area contributed by atoms with Crippen LogP contribution in [0.4, 0.5) is 4.79 Å². The molecule has 0 saturated carbocycles. The lowest BCUT2D eigenvalue weighted by atomic mass is 10.1. The first-order chi connectivity index (χ1) is 15.3. The van der Waals surface area contributed by atoms with E-state index in [9.17, 15) is 4.79 Å². The van der Waals surface area contributed by atoms with Crippen LogP contribution in [-0.2, 0) is 4.74 Å². The van der Waals surface area contributed by atoms with Crippen LogP contribution in [0, 0.1) is 0 Å². The molecule has 0 aliphatic heterocycles. The summed E-state index contributed by atoms with van der Waals surface area (Å²) in [7, 11) is 0. The highest BCUT2D eigenvalue weighted by atomic mass is 32.2. The molecule has 6 heteroatoms. The van der Waals surface area contributed by atoms with Crippen LogP contribution >= 0.6 is 11.8 Å². The number of carbonyl (C=O) groups excluding carboxylic acids is 1. The summed E-state index contributed by atoms with van der Waals surface area (Å²) in [6, 6.07) is 10.5. The lowest BCUT2D eigenvalue weighted by molar-refractivity contribution is 0.144. The predicted octanol–water partition coefficient (Wildman–Crippen LogP) is 6.74. The van der Waals surface area contributed by atoms with Crippen molar-refractivity contribution in [2.24, 2.45) is 0 Å². The molecule has 5 nitrogen and oxygen atoms in total. The molecular formula is C25H33N3O2S. The minimum Gasteiger partial charge on any atom is -0.450 e. The van der Waals surface area contributed by atoms with Gasteiger partial charge in [0.05, 0.1) is 17.6 Å². The van der Waals surface area contributed by atoms with E-state index in [1.165, 1.54) is 36.0 Å². The highest BCUT2D eigenvalue weighted by Crippen LogP contribution is 2.32. The van der Waals surface area contributed by atoms with Crippen molar-refractivity contribution in [1.29, 1.82) is 0 Å². The smallest absolute Gasteiger partial charge is 0.407 e. The van der Waals surface area contributed by atoms with Crippen LogP contribution < -0.4 is 5.32 Å². The summed E-state index contributed by atoms with van der Waals surface area (Å²) in [6.07, 6.45) is 12.4. The van der Waals surface area contributed by atoms with Gasteiger partial charge in [-0.1, -0.05) is 51.2 Å². The number of nitrogens with zero attached hydrogens (tertiary/aromatic N) is 2. The molecule has 3 rings (SSSR count). The minimum absolute atomic E-state index is 0.280. The average molecular weight is 440 g/mol. The van der Waals surface area contributed by atoms with Gasteiger partial charge in [-0.25, -0.2) is 4.79 Å². The number of unbranched alkanes of at least 4 members (excludes halogenated alkanes) is 6. The van der Waals surface area contributed by atoms with Gasteiger partial charge in [0.1, 0.15) is 0 Å². The molecule has 31 heavy (non-hydrogen) atoms. The Labute approximate surface area is 189 Å². The molecule has 166 valence electrons. The van der Waals surface area contributed by atoms with Gasteiger partial charge in [-0.2, -0.15) is 0 Å². The van der Waals surface area contributed by atoms with E-state index in [-0.39, 0.29) is 6.09 Å². The lowest BCUT2D eigenvalue weighted by Crippen LogP contribution is -2.25. The molecule has 1 N–H and O–H groups in total. The monoisotopic (exact) mass is 439 g/mol. The summed E-state index contributed by atoms with van der Waals surface area (Å²) < 4.78 is 5.08. The fraction of sp³-hybridized carbons (Fsp3) is 0.480. The maximum Gasteiger partial charge on any atom is 0.407 e. The quantitative estimate of drug-likeness (QED) is 0.181. The van der Waals surface area contributed by atoms with Crippen molar-refractivity contribution in [3.05, 3.63) is 42.7 Å². The maximum atomic E-state index is 11.5. The molecule has 0 fully saturated rings. The highest BCUT2D eigenvalue weighted by molar-refractivity contribution is 7.99. The zero-order valence-corrected chi connectivity index (χ0v) is 19.3. The number of thioether (sulfide) groups is 1. The molecule has 0 aliphatic rings. The van der Waals surface area contributed by atoms with Crippen LogP contribution in [0.15, 0.2) is 47.6 Å². The zero-order valence-electron chi connectivity index (χ0n) is 18.4. The zero-order chi connectivity index (χ0) is 21.7. The summed E-state index contributed by atoms with van der Waals surface area (Å²) in [5.41, 5.74) is 1.97. The highest BCUT2D eigenvalue weighted by Gasteiger charge is 2.08. The molecule has 0 aliphatic carbocycles. The third-order valence-corrected chi connectivity index (χ3v) is 6.39. The Balaban J connectivity index is 1.31. The van der Waals surface area contributed by atoms with Gasteiger partial charge in [0.25, 0.3) is 0 Å². The fourth-order valence-electron chi connectivity index (χ4n) is 3.53. The first-order valence-electron chi connectivity index (χ1n) is 11.5. The summed E-state index contributed by atoms with van der Waals surface area (Å²) in [4.78, 5) is 21.9. The van der Waals surface area contributed by atoms with E-state index in [0.717, 1.165) is 47.9 Å². The molecule has 0 saturated heterocycles. The summed E-state index contributed by atoms with van der Waals surface area (Å²) in [5.74, 6) is 1.11. The van der Waals surface area contributed by atoms with Gasteiger partial charge < -0.3 is 10.1 Å². The van der Waals surface area contributed by atoms with Crippen LogP contribution in [0.3, 0.4) is 0 Å². The van der Waals surface area contributed by atoms with Crippen molar-refractivity contribution in [3.63, 3.8) is 0 Å². The predicted molar refractivity (Wildman–Crippen MR) is 130 cm³/mol. The molecule has 0 radical (unpaired) electrons. The normalized spacial score (nSPS) is 11.1. The number of hydrogen-bond acceptors (Lipinski definition) is 5. The van der Waals surface area contributed by atoms with E-state index >= 15 is 0 Å². The van der Waals surface area contributed by atoms with E-state index in [1.54, 1.807) is 0 Å². The number of fused-ring (bicyclic) bond motifs is 3. The maximum absolute atomic E-state index is 11.5. The lowest BCUT2D eigenvalue weighted by Gasteiger charge is -2.09. The number of ether oxygens (including phenoxy) is 1. The summed E-state index contributed by atoms with van der Waals surface area (Å²) >= 11 is 1.92. The molecule has 0 spiro atoms. The molecule has 0 bridgehead atoms. The van der Waals surface area contributed by atoms with Gasteiger partial charge in [0.2, 0.25) is 0 Å². The Morgan fingerprint density at radius 2 is 1.71 bits per heavy atom. The standard InChI is InChI=1S/C25H33N3O2S/c1-2-3-17-30-25(29)28-14-8-6-4-5-7-9-18-31-22-19-20-12-10-15-26-23(20)24-21(22)13-11-16-27-24/h10-13,15-16,19H,2-9,14,17-18H2,1H3,(H,28,29). The van der Waals surface area contributed by atoms with Crippen LogP contribution in [0.5, 0.6) is 0 Å². The fourth-order valence-corrected chi connectivity index (χ4v) is 4.63. The van der Waals surface area contributed by atoms with Crippen molar-refractivity contribution in [2.45, 2.75) is 63.2 Å². The SMILES string of the molecule is CCCCOC(=O)NCCCCCCCCSc1cc2cccnc2c2ncccc12. The van der Waals surface area contributed by atoms with Crippen molar-refractivity contribution in [3.8, 4) is 0 Å². The summed E-state index contributed by atoms with van der Waals surface area (Å²) in [5, 5.41) is 5.17. The number of hydrogen-bond donors (Lipinski definition) is 1. The van der Waals surface area contributed by atoms with Gasteiger partial charge in [0.15, 0.2) is 0 Å². The number of benzene rings is 1. The van der Waals surface area contributed by atoms with Gasteiger partial charge in [-0.15, -0.1) is 11.8 Å². The third-order valence-electron chi connectivity index (χ3n) is 5.25. The summed E-state index contributed by atoms with van der Waals surface area (Å²) in [6.45, 7) is 3.31. The van der Waals surface area contributed by atoms with E-state index in [4.69, 9.17) is 4.74 Å². The Morgan fingerprint density at radius 3 is 2.55 bits per heavy atom. The van der Waals surface area contributed by atoms with Crippen molar-refractivity contribution in [2.75, 3.05) is 18.9 Å². The second-order valence-electron chi connectivity index (χ2n) is 7.74. The Bertz CT molecular complexity index is 964. The first kappa shape index (κ1) is 23.3. The molecule has 0 atom stereocenters. The number of carbonyl (C=O) groups is 1. The van der Waals surface area contributed by atoms with Crippen molar-refractivity contribution < 1.29 is 9.53 Å². The van der Waals surface area contributed by atoms with E-state index in [2.05, 4.69) is 40.4 Å². The second-order valence-corrected chi connectivity index (χ2v) is 8.87. The topological polar surface area (TPSA) is 64.1 Å². The van der Waals surface area contributed by atoms with Gasteiger partial charge >= 0.3 is 6.09 Å². The molecule has 1 amide bonds. The molecule has 3 aromatic rings. The Hall–Kier alpha value is -2.34. The number of aromatic nitrogens is 2. The number of rotatable bonds is 13.